The summed E-state index contributed by atoms with van der Waals surface area (Å²) in [6, 6.07) is 40.3. The van der Waals surface area contributed by atoms with Crippen LogP contribution in [0.3, 0.4) is 0 Å². The summed E-state index contributed by atoms with van der Waals surface area (Å²) in [5.74, 6) is 3.32. The molecule has 0 aliphatic carbocycles. The zero-order valence-corrected chi connectivity index (χ0v) is 80.9. The van der Waals surface area contributed by atoms with Crippen LogP contribution < -0.4 is 0 Å². The predicted octanol–water partition coefficient (Wildman–Crippen LogP) is 21.8. The van der Waals surface area contributed by atoms with Crippen molar-refractivity contribution in [3.8, 4) is 36.6 Å². The van der Waals surface area contributed by atoms with E-state index in [1.807, 2.05) is 192 Å². The van der Waals surface area contributed by atoms with Gasteiger partial charge in [-0.2, -0.15) is 41.4 Å². The molecule has 4 heterocycles. The van der Waals surface area contributed by atoms with Crippen LogP contribution in [0.1, 0.15) is 230 Å². The third-order valence-electron chi connectivity index (χ3n) is 20.2. The molecule has 0 atom stereocenters. The molecule has 8 aromatic rings. The molecule has 0 saturated carbocycles. The molecule has 4 aromatic carbocycles. The van der Waals surface area contributed by atoms with Crippen molar-refractivity contribution in [2.24, 2.45) is 0 Å². The number of carbonyl (C=O) groups is 5. The van der Waals surface area contributed by atoms with E-state index in [2.05, 4.69) is 145 Å². The molecule has 0 aliphatic heterocycles. The van der Waals surface area contributed by atoms with Crippen molar-refractivity contribution in [3.63, 3.8) is 0 Å². The van der Waals surface area contributed by atoms with Crippen molar-refractivity contribution in [1.29, 1.82) is 21.0 Å². The van der Waals surface area contributed by atoms with Crippen molar-refractivity contribution in [2.75, 3.05) is 59.0 Å². The van der Waals surface area contributed by atoms with Crippen LogP contribution >= 0.6 is 23.5 Å². The van der Waals surface area contributed by atoms with E-state index in [9.17, 15) is 45.0 Å². The van der Waals surface area contributed by atoms with Gasteiger partial charge in [-0.3, -0.25) is 23.5 Å². The standard InChI is InChI=1S/C25H31N3O5S.C25H31N3O4.C25H29N3O4.C24H31N3O3S/c1-8-28-22(16(2)17(3)27-28)23(32-15-33-24(30)34-14-21(29)31-7)20(13-26)18-9-11-19(12-10-18)25(4,5)6;2*1-8-14-30-24(29)32-16-31-23(22-17(3)18(4)27-28(22)9-2)21(15-26)19-10-12-20(13-11-19)25(5,6)7;1-8-27-21(16(3)17(4)26-27)22(29-15-30-23(28)31-9-2)20(14-25)18-10-12-19(13-11-18)24(5,6)7/h9-12H,8,14-15H2,1-7H3;8,10-13H,1,9,14,16H2,2-7H3;1,10-13H,9,14,16H2,2-7H3;10-13H,8-9,15H2,1-7H3/b23-20-;2*23-21-;22-20-. The number of aryl methyl sites for hydroxylation is 8. The average molecular weight is 1800 g/mol. The topological polar surface area (TPSA) is 353 Å². The molecule has 0 amide bonds. The second kappa shape index (κ2) is 49.8. The van der Waals surface area contributed by atoms with Gasteiger partial charge >= 0.3 is 28.9 Å². The third-order valence-corrected chi connectivity index (χ3v) is 21.6. The highest BCUT2D eigenvalue weighted by Gasteiger charge is 2.30. The number of aromatic nitrogens is 8. The fourth-order valence-electron chi connectivity index (χ4n) is 12.6. The molecule has 0 radical (unpaired) electrons. The Morgan fingerprint density at radius 1 is 0.388 bits per heavy atom. The maximum atomic E-state index is 12.0. The third kappa shape index (κ3) is 30.0. The lowest BCUT2D eigenvalue weighted by Gasteiger charge is -2.19. The van der Waals surface area contributed by atoms with Gasteiger partial charge in [-0.05, 0) is 173 Å². The SMILES string of the molecule is C#CCOC(=O)OCO/C(=C(/C#N)c1ccc(C(C)(C)C)cc1)c1c(C)c(C)nn1CC.C=CCOC(=O)OCO/C(=C(/C#N)c1ccc(C(C)(C)C)cc1)c1c(C)c(C)nn1CC.CCSC(=O)OCO/C(=C(/C#N)c1ccc(C(C)(C)C)cc1)c1c(C)c(C)nn1CC.CCn1nc(C)c(C)c1/C(OCOC(=O)SCC(=O)OC)=C(\C#N)c1ccc(C(C)(C)C)cc1. The molecule has 0 bridgehead atoms. The van der Waals surface area contributed by atoms with E-state index in [0.717, 1.165) is 84.7 Å². The van der Waals surface area contributed by atoms with Gasteiger partial charge in [0, 0.05) is 54.2 Å². The van der Waals surface area contributed by atoms with Crippen LogP contribution in [-0.4, -0.2) is 127 Å². The first-order chi connectivity index (χ1) is 60.9. The Bertz CT molecular complexity index is 5580. The molecule has 0 saturated heterocycles. The van der Waals surface area contributed by atoms with E-state index in [1.165, 1.54) is 18.7 Å². The monoisotopic (exact) mass is 1800 g/mol. The number of nitriles is 4. The molecular formula is C99H122N12O16S2. The summed E-state index contributed by atoms with van der Waals surface area (Å²) in [5, 5.41) is 57.4. The van der Waals surface area contributed by atoms with Crippen LogP contribution in [-0.2, 0) is 105 Å². The largest absolute Gasteiger partial charge is 0.512 e. The average Bonchev–Trinajstić information content (AvgIpc) is 1.69. The fourth-order valence-corrected chi connectivity index (χ4v) is 13.4. The number of esters is 1. The van der Waals surface area contributed by atoms with Crippen molar-refractivity contribution in [2.45, 2.75) is 221 Å². The van der Waals surface area contributed by atoms with Gasteiger partial charge in [0.1, 0.15) is 81.7 Å². The van der Waals surface area contributed by atoms with Crippen LogP contribution in [0.4, 0.5) is 19.2 Å². The lowest BCUT2D eigenvalue weighted by Crippen LogP contribution is -2.13. The first-order valence-electron chi connectivity index (χ1n) is 41.9. The molecule has 686 valence electrons. The highest BCUT2D eigenvalue weighted by Crippen LogP contribution is 2.38. The van der Waals surface area contributed by atoms with Gasteiger partial charge in [0.2, 0.25) is 27.2 Å². The van der Waals surface area contributed by atoms with Crippen molar-refractivity contribution in [1.82, 2.24) is 39.1 Å². The molecule has 0 aliphatic rings. The van der Waals surface area contributed by atoms with Gasteiger partial charge in [-0.15, -0.1) is 6.42 Å². The van der Waals surface area contributed by atoms with E-state index >= 15 is 0 Å². The minimum absolute atomic E-state index is 0.00799. The van der Waals surface area contributed by atoms with Gasteiger partial charge in [0.05, 0.1) is 29.9 Å². The lowest BCUT2D eigenvalue weighted by molar-refractivity contribution is -0.137. The molecule has 4 aromatic heterocycles. The van der Waals surface area contributed by atoms with Gasteiger partial charge in [-0.1, -0.05) is 206 Å². The number of rotatable bonds is 30. The minimum atomic E-state index is -0.952. The molecule has 8 rings (SSSR count). The molecular weight excluding hydrogens is 1680 g/mol. The van der Waals surface area contributed by atoms with Gasteiger partial charge in [0.15, 0.2) is 29.6 Å². The number of terminal acetylenes is 1. The molecule has 30 heteroatoms. The number of hydrogen-bond acceptors (Lipinski definition) is 26. The van der Waals surface area contributed by atoms with Crippen LogP contribution in [0, 0.1) is 113 Å². The van der Waals surface area contributed by atoms with Crippen LogP contribution in [0.25, 0.3) is 45.3 Å². The number of allylic oxidation sites excluding steroid dienone is 4. The second-order valence-corrected chi connectivity index (χ2v) is 35.2. The highest BCUT2D eigenvalue weighted by atomic mass is 32.2. The smallest absolute Gasteiger partial charge is 0.468 e. The number of nitrogens with zero attached hydrogens (tertiary/aromatic N) is 12. The molecule has 0 spiro atoms. The Hall–Kier alpha value is -13.2. The number of ether oxygens (including phenoxy) is 11. The van der Waals surface area contributed by atoms with Gasteiger partial charge in [0.25, 0.3) is 0 Å². The van der Waals surface area contributed by atoms with Crippen LogP contribution in [0.2, 0.25) is 0 Å². The molecule has 0 fully saturated rings. The fraction of sp³-hybridized carbons (Fsp3) is 0.424. The summed E-state index contributed by atoms with van der Waals surface area (Å²) in [4.78, 5) is 58.3. The van der Waals surface area contributed by atoms with Crippen LogP contribution in [0.5, 0.6) is 0 Å². The number of thioether (sulfide) groups is 2. The number of methoxy groups -OCH3 is 1. The Labute approximate surface area is 768 Å². The zero-order chi connectivity index (χ0) is 96.4. The molecule has 0 unspecified atom stereocenters. The Kier molecular flexibility index (Phi) is 41.0. The van der Waals surface area contributed by atoms with Crippen molar-refractivity contribution in [3.05, 3.63) is 222 Å². The number of hydrogen-bond donors (Lipinski definition) is 0. The maximum absolute atomic E-state index is 12.0. The summed E-state index contributed by atoms with van der Waals surface area (Å²) in [6.45, 7) is 54.6. The Balaban J connectivity index is 0.000000305. The quantitative estimate of drug-likeness (QED) is 0.00767. The minimum Gasteiger partial charge on any atom is -0.468 e. The second-order valence-electron chi connectivity index (χ2n) is 33.1. The number of carbonyl (C=O) groups excluding carboxylic acids is 5. The Morgan fingerprint density at radius 2 is 0.636 bits per heavy atom. The molecule has 28 nitrogen and oxygen atoms in total. The highest BCUT2D eigenvalue weighted by molar-refractivity contribution is 8.13. The van der Waals surface area contributed by atoms with Crippen molar-refractivity contribution < 1.29 is 76.1 Å². The summed E-state index contributed by atoms with van der Waals surface area (Å²) in [5.41, 5.74) is 18.2. The normalized spacial score (nSPS) is 11.9. The van der Waals surface area contributed by atoms with E-state index in [-0.39, 0.29) is 58.9 Å². The Morgan fingerprint density at radius 3 is 0.853 bits per heavy atom. The molecule has 129 heavy (non-hydrogen) atoms. The predicted molar refractivity (Wildman–Crippen MR) is 503 cm³/mol. The zero-order valence-electron chi connectivity index (χ0n) is 79.3. The van der Waals surface area contributed by atoms with E-state index in [4.69, 9.17) is 53.8 Å². The van der Waals surface area contributed by atoms with Crippen LogP contribution in [0.15, 0.2) is 110 Å². The van der Waals surface area contributed by atoms with Crippen molar-refractivity contribution >= 4 is 97.7 Å². The van der Waals surface area contributed by atoms with E-state index in [0.29, 0.717) is 111 Å². The summed E-state index contributed by atoms with van der Waals surface area (Å²) >= 11 is 1.74. The molecule has 0 N–H and O–H groups in total. The van der Waals surface area contributed by atoms with E-state index < -0.39 is 49.3 Å². The summed E-state index contributed by atoms with van der Waals surface area (Å²) in [7, 11) is 1.24. The number of benzene rings is 4. The van der Waals surface area contributed by atoms with E-state index in [1.54, 1.807) is 14.0 Å². The maximum Gasteiger partial charge on any atom is 0.512 e. The first-order valence-corrected chi connectivity index (χ1v) is 43.9. The first kappa shape index (κ1) is 106. The van der Waals surface area contributed by atoms with Gasteiger partial charge < -0.3 is 52.1 Å². The van der Waals surface area contributed by atoms with Gasteiger partial charge in [-0.25, -0.2) is 19.2 Å². The summed E-state index contributed by atoms with van der Waals surface area (Å²) < 4.78 is 64.9. The lowest BCUT2D eigenvalue weighted by atomic mass is 9.86. The summed E-state index contributed by atoms with van der Waals surface area (Å²) in [6.07, 6.45) is 4.68.